The summed E-state index contributed by atoms with van der Waals surface area (Å²) in [6, 6.07) is 8.85. The van der Waals surface area contributed by atoms with E-state index in [0.29, 0.717) is 35.1 Å². The van der Waals surface area contributed by atoms with Crippen molar-refractivity contribution in [1.82, 2.24) is 9.97 Å². The highest BCUT2D eigenvalue weighted by Gasteiger charge is 2.34. The molecule has 3 atom stereocenters. The fourth-order valence-electron chi connectivity index (χ4n) is 5.64. The third-order valence-electron chi connectivity index (χ3n) is 7.42. The maximum Gasteiger partial charge on any atom is 0.318 e. The highest BCUT2D eigenvalue weighted by atomic mass is 19.1. The first-order chi connectivity index (χ1) is 18.3. The number of aliphatic hydroxyl groups is 1. The minimum absolute atomic E-state index is 0.00355. The molecule has 0 saturated carbocycles. The summed E-state index contributed by atoms with van der Waals surface area (Å²) in [4.78, 5) is 11.0. The zero-order valence-electron chi connectivity index (χ0n) is 21.5. The van der Waals surface area contributed by atoms with Gasteiger partial charge in [-0.15, -0.1) is 6.42 Å². The van der Waals surface area contributed by atoms with Gasteiger partial charge in [-0.25, -0.2) is 8.78 Å². The quantitative estimate of drug-likeness (QED) is 0.333. The van der Waals surface area contributed by atoms with E-state index in [4.69, 9.17) is 11.2 Å². The maximum absolute atomic E-state index is 16.3. The molecular formula is C30H29F2N3O3. The smallest absolute Gasteiger partial charge is 0.318 e. The zero-order chi connectivity index (χ0) is 27.1. The van der Waals surface area contributed by atoms with Crippen LogP contribution in [0.2, 0.25) is 0 Å². The summed E-state index contributed by atoms with van der Waals surface area (Å²) in [5.41, 5.74) is 0.383. The van der Waals surface area contributed by atoms with Crippen LogP contribution >= 0.6 is 0 Å². The summed E-state index contributed by atoms with van der Waals surface area (Å²) < 4.78 is 36.3. The highest BCUT2D eigenvalue weighted by molar-refractivity contribution is 6.04. The van der Waals surface area contributed by atoms with Gasteiger partial charge in [0.25, 0.3) is 0 Å². The Kier molecular flexibility index (Phi) is 6.80. The van der Waals surface area contributed by atoms with Crippen LogP contribution in [-0.2, 0) is 0 Å². The van der Waals surface area contributed by atoms with Crippen molar-refractivity contribution in [2.75, 3.05) is 25.1 Å². The van der Waals surface area contributed by atoms with Crippen molar-refractivity contribution in [1.29, 1.82) is 0 Å². The molecular weight excluding hydrogens is 488 g/mol. The van der Waals surface area contributed by atoms with E-state index in [2.05, 4.69) is 27.7 Å². The molecule has 1 aliphatic rings. The molecule has 0 bridgehead atoms. The van der Waals surface area contributed by atoms with E-state index < -0.39 is 17.7 Å². The fraction of sp³-hybridized carbons (Fsp3) is 0.333. The third-order valence-corrected chi connectivity index (χ3v) is 7.42. The first-order valence-corrected chi connectivity index (χ1v) is 12.7. The lowest BCUT2D eigenvalue weighted by molar-refractivity contribution is 0.0407. The number of aromatic hydroxyl groups is 1. The van der Waals surface area contributed by atoms with E-state index in [9.17, 15) is 14.6 Å². The van der Waals surface area contributed by atoms with Gasteiger partial charge in [0.1, 0.15) is 22.9 Å². The molecule has 196 valence electrons. The number of phenolic OH excluding ortho intramolecular Hbond substituents is 1. The van der Waals surface area contributed by atoms with Gasteiger partial charge in [-0.1, -0.05) is 38.3 Å². The van der Waals surface area contributed by atoms with Crippen LogP contribution in [-0.4, -0.2) is 46.5 Å². The summed E-state index contributed by atoms with van der Waals surface area (Å²) in [6.07, 6.45) is 6.99. The summed E-state index contributed by atoms with van der Waals surface area (Å²) in [5, 5.41) is 22.4. The van der Waals surface area contributed by atoms with Crippen molar-refractivity contribution in [3.05, 3.63) is 53.6 Å². The minimum Gasteiger partial charge on any atom is -0.508 e. The van der Waals surface area contributed by atoms with Crippen molar-refractivity contribution >= 4 is 27.5 Å². The molecule has 3 unspecified atom stereocenters. The number of terminal acetylenes is 1. The van der Waals surface area contributed by atoms with Gasteiger partial charge in [0.2, 0.25) is 0 Å². The lowest BCUT2D eigenvalue weighted by Gasteiger charge is -2.41. The van der Waals surface area contributed by atoms with Crippen LogP contribution in [0.5, 0.6) is 11.8 Å². The molecule has 1 aromatic heterocycles. The van der Waals surface area contributed by atoms with Gasteiger partial charge in [0, 0.05) is 35.3 Å². The molecule has 3 aromatic carbocycles. The van der Waals surface area contributed by atoms with Crippen molar-refractivity contribution < 1.29 is 23.7 Å². The molecule has 2 N–H and O–H groups in total. The number of rotatable bonds is 5. The lowest BCUT2D eigenvalue weighted by atomic mass is 9.84. The summed E-state index contributed by atoms with van der Waals surface area (Å²) in [7, 11) is 1.42. The normalized spacial score (nSPS) is 19.6. The van der Waals surface area contributed by atoms with E-state index in [1.165, 1.54) is 31.4 Å². The van der Waals surface area contributed by atoms with Crippen molar-refractivity contribution in [3.8, 4) is 35.2 Å². The standard InChI is InChI=1S/C30H29F2N3O3/c1-5-7-18-15-35(14-16(3)28(18)37)29-22-10-9-21(26(32)27(22)33-30(34-29)38-4)23-13-19(36)12-17-8-11-24(31)20(6-2)25(17)23/h2,8-13,16,18,28,36-37H,5,7,14-15H2,1,3-4H3. The number of benzene rings is 3. The monoisotopic (exact) mass is 517 g/mol. The second kappa shape index (κ2) is 10.1. The maximum atomic E-state index is 16.3. The van der Waals surface area contributed by atoms with Gasteiger partial charge in [-0.05, 0) is 47.6 Å². The molecule has 4 aromatic rings. The van der Waals surface area contributed by atoms with Crippen LogP contribution in [0, 0.1) is 35.8 Å². The van der Waals surface area contributed by atoms with Gasteiger partial charge in [0.05, 0.1) is 18.8 Å². The van der Waals surface area contributed by atoms with Gasteiger partial charge in [-0.3, -0.25) is 0 Å². The molecule has 6 nitrogen and oxygen atoms in total. The molecule has 2 heterocycles. The number of ether oxygens (including phenoxy) is 1. The molecule has 8 heteroatoms. The molecule has 5 rings (SSSR count). The average Bonchev–Trinajstić information content (AvgIpc) is 2.91. The van der Waals surface area contributed by atoms with E-state index in [1.54, 1.807) is 12.1 Å². The minimum atomic E-state index is -0.668. The number of aromatic nitrogens is 2. The van der Waals surface area contributed by atoms with Gasteiger partial charge in [-0.2, -0.15) is 9.97 Å². The second-order valence-electron chi connectivity index (χ2n) is 9.94. The van der Waals surface area contributed by atoms with Gasteiger partial charge >= 0.3 is 6.01 Å². The summed E-state index contributed by atoms with van der Waals surface area (Å²) >= 11 is 0. The number of piperidine rings is 1. The Hall–Kier alpha value is -3.96. The van der Waals surface area contributed by atoms with Crippen LogP contribution < -0.4 is 9.64 Å². The van der Waals surface area contributed by atoms with Crippen LogP contribution in [0.25, 0.3) is 32.8 Å². The lowest BCUT2D eigenvalue weighted by Crippen LogP contribution is -2.48. The molecule has 1 aliphatic heterocycles. The molecule has 38 heavy (non-hydrogen) atoms. The molecule has 1 fully saturated rings. The molecule has 0 amide bonds. The van der Waals surface area contributed by atoms with E-state index >= 15 is 4.39 Å². The Balaban J connectivity index is 1.73. The van der Waals surface area contributed by atoms with Crippen LogP contribution in [0.15, 0.2) is 36.4 Å². The van der Waals surface area contributed by atoms with Gasteiger partial charge in [0.15, 0.2) is 5.82 Å². The third kappa shape index (κ3) is 4.27. The van der Waals surface area contributed by atoms with E-state index in [1.807, 2.05) is 6.92 Å². The Labute approximate surface area is 219 Å². The number of hydrogen-bond donors (Lipinski definition) is 2. The predicted molar refractivity (Wildman–Crippen MR) is 144 cm³/mol. The van der Waals surface area contributed by atoms with Crippen molar-refractivity contribution in [2.45, 2.75) is 32.8 Å². The SMILES string of the molecule is C#Cc1c(F)ccc2cc(O)cc(-c3ccc4c(N5CC(C)C(O)C(CCC)C5)nc(OC)nc4c3F)c12. The molecule has 0 aliphatic carbocycles. The number of nitrogens with zero attached hydrogens (tertiary/aromatic N) is 3. The molecule has 0 radical (unpaired) electrons. The van der Waals surface area contributed by atoms with E-state index in [-0.39, 0.29) is 45.8 Å². The first-order valence-electron chi connectivity index (χ1n) is 12.7. The Morgan fingerprint density at radius 2 is 1.92 bits per heavy atom. The van der Waals surface area contributed by atoms with Crippen molar-refractivity contribution in [3.63, 3.8) is 0 Å². The van der Waals surface area contributed by atoms with Crippen LogP contribution in [0.4, 0.5) is 14.6 Å². The Morgan fingerprint density at radius 1 is 1.13 bits per heavy atom. The molecule has 1 saturated heterocycles. The van der Waals surface area contributed by atoms with Crippen LogP contribution in [0.1, 0.15) is 32.3 Å². The highest BCUT2D eigenvalue weighted by Crippen LogP contribution is 2.40. The number of anilines is 1. The fourth-order valence-corrected chi connectivity index (χ4v) is 5.64. The number of halogens is 2. The summed E-state index contributed by atoms with van der Waals surface area (Å²) in [6.45, 7) is 5.19. The Morgan fingerprint density at radius 3 is 2.63 bits per heavy atom. The van der Waals surface area contributed by atoms with E-state index in [0.717, 1.165) is 12.8 Å². The van der Waals surface area contributed by atoms with Crippen LogP contribution in [0.3, 0.4) is 0 Å². The first kappa shape index (κ1) is 25.7. The number of hydrogen-bond acceptors (Lipinski definition) is 6. The number of fused-ring (bicyclic) bond motifs is 2. The zero-order valence-corrected chi connectivity index (χ0v) is 21.5. The van der Waals surface area contributed by atoms with Gasteiger partial charge < -0.3 is 19.8 Å². The summed E-state index contributed by atoms with van der Waals surface area (Å²) in [5.74, 6) is 1.56. The number of phenols is 1. The Bertz CT molecular complexity index is 1580. The second-order valence-corrected chi connectivity index (χ2v) is 9.94. The topological polar surface area (TPSA) is 78.7 Å². The largest absolute Gasteiger partial charge is 0.508 e. The average molecular weight is 518 g/mol. The van der Waals surface area contributed by atoms with Crippen molar-refractivity contribution in [2.24, 2.45) is 11.8 Å². The number of aliphatic hydroxyl groups excluding tert-OH is 1. The predicted octanol–water partition coefficient (Wildman–Crippen LogP) is 5.66. The number of methoxy groups -OCH3 is 1. The molecule has 0 spiro atoms.